The second-order valence-corrected chi connectivity index (χ2v) is 14.6. The SMILES string of the molecule is CCCC1(CC)c2c(C(=O)N3CCC(C)CC3)cnn2CCC1C1CCN(S(=O)(=O)c2ccc(NC(=O)OC)cc2)CC1. The number of carbonyl (C=O) groups excluding carboxylic acids is 2. The summed E-state index contributed by atoms with van der Waals surface area (Å²) in [7, 11) is -2.38. The fourth-order valence-corrected chi connectivity index (χ4v) is 9.39. The number of ether oxygens (including phenoxy) is 1. The van der Waals surface area contributed by atoms with E-state index in [-0.39, 0.29) is 16.2 Å². The quantitative estimate of drug-likeness (QED) is 0.421. The summed E-state index contributed by atoms with van der Waals surface area (Å²) in [4.78, 5) is 27.6. The number of sulfonamides is 1. The van der Waals surface area contributed by atoms with Crippen LogP contribution in [0.1, 0.15) is 88.2 Å². The maximum Gasteiger partial charge on any atom is 0.411 e. The van der Waals surface area contributed by atoms with Crippen LogP contribution in [0.4, 0.5) is 10.5 Å². The number of methoxy groups -OCH3 is 1. The first-order valence-corrected chi connectivity index (χ1v) is 17.4. The molecule has 1 N–H and O–H groups in total. The number of fused-ring (bicyclic) bond motifs is 1. The van der Waals surface area contributed by atoms with E-state index in [9.17, 15) is 18.0 Å². The number of hydrogen-bond donors (Lipinski definition) is 1. The molecular formula is C32H47N5O5S. The van der Waals surface area contributed by atoms with E-state index in [1.54, 1.807) is 16.4 Å². The topological polar surface area (TPSA) is 114 Å². The van der Waals surface area contributed by atoms with Crippen LogP contribution in [0, 0.1) is 17.8 Å². The lowest BCUT2D eigenvalue weighted by atomic mass is 9.59. The monoisotopic (exact) mass is 613 g/mol. The molecule has 4 heterocycles. The normalized spacial score (nSPS) is 24.0. The highest BCUT2D eigenvalue weighted by Gasteiger charge is 2.50. The summed E-state index contributed by atoms with van der Waals surface area (Å²) in [5.41, 5.74) is 2.21. The first-order valence-electron chi connectivity index (χ1n) is 15.9. The Morgan fingerprint density at radius 3 is 2.28 bits per heavy atom. The van der Waals surface area contributed by atoms with Gasteiger partial charge in [-0.15, -0.1) is 0 Å². The number of hydrogen-bond acceptors (Lipinski definition) is 6. The smallest absolute Gasteiger partial charge is 0.411 e. The molecule has 2 fully saturated rings. The van der Waals surface area contributed by atoms with Crippen LogP contribution in [0.15, 0.2) is 35.4 Å². The van der Waals surface area contributed by atoms with Gasteiger partial charge in [0.15, 0.2) is 0 Å². The molecule has 2 atom stereocenters. The Kier molecular flexibility index (Phi) is 9.51. The summed E-state index contributed by atoms with van der Waals surface area (Å²) in [6, 6.07) is 6.20. The van der Waals surface area contributed by atoms with Crippen molar-refractivity contribution < 1.29 is 22.7 Å². The van der Waals surface area contributed by atoms with Crippen LogP contribution in [-0.2, 0) is 26.7 Å². The molecule has 2 unspecified atom stereocenters. The summed E-state index contributed by atoms with van der Waals surface area (Å²) >= 11 is 0. The lowest BCUT2D eigenvalue weighted by Gasteiger charge is -2.50. The van der Waals surface area contributed by atoms with Crippen LogP contribution in [0.3, 0.4) is 0 Å². The van der Waals surface area contributed by atoms with Crippen molar-refractivity contribution in [2.45, 2.75) is 89.0 Å². The van der Waals surface area contributed by atoms with Crippen molar-refractivity contribution in [1.29, 1.82) is 0 Å². The zero-order chi connectivity index (χ0) is 30.8. The van der Waals surface area contributed by atoms with Crippen molar-refractivity contribution in [2.75, 3.05) is 38.6 Å². The molecule has 3 aliphatic heterocycles. The minimum absolute atomic E-state index is 0.122. The van der Waals surface area contributed by atoms with Gasteiger partial charge in [0.05, 0.1) is 29.5 Å². The van der Waals surface area contributed by atoms with E-state index in [4.69, 9.17) is 5.10 Å². The molecule has 0 radical (unpaired) electrons. The highest BCUT2D eigenvalue weighted by atomic mass is 32.2. The van der Waals surface area contributed by atoms with Crippen LogP contribution >= 0.6 is 0 Å². The third-order valence-corrected chi connectivity index (χ3v) is 12.2. The summed E-state index contributed by atoms with van der Waals surface area (Å²) in [5, 5.41) is 7.30. The number of nitrogens with zero attached hydrogens (tertiary/aromatic N) is 4. The highest BCUT2D eigenvalue weighted by molar-refractivity contribution is 7.89. The Labute approximate surface area is 256 Å². The molecule has 236 valence electrons. The maximum atomic E-state index is 13.9. The van der Waals surface area contributed by atoms with Crippen LogP contribution in [0.25, 0.3) is 0 Å². The van der Waals surface area contributed by atoms with Crippen molar-refractivity contribution >= 4 is 27.7 Å². The molecule has 2 saturated heterocycles. The highest BCUT2D eigenvalue weighted by Crippen LogP contribution is 2.51. The first kappa shape index (κ1) is 31.5. The number of amides is 2. The number of likely N-dealkylation sites (tertiary alicyclic amines) is 1. The molecule has 10 nitrogen and oxygen atoms in total. The Balaban J connectivity index is 1.34. The Hall–Kier alpha value is -2.92. The second kappa shape index (κ2) is 13.0. The molecule has 3 aliphatic rings. The fourth-order valence-electron chi connectivity index (χ4n) is 7.92. The van der Waals surface area contributed by atoms with E-state index in [2.05, 4.69) is 35.5 Å². The third-order valence-electron chi connectivity index (χ3n) is 10.3. The van der Waals surface area contributed by atoms with E-state index in [1.807, 2.05) is 11.1 Å². The molecule has 1 aromatic carbocycles. The van der Waals surface area contributed by atoms with Gasteiger partial charge in [-0.25, -0.2) is 13.2 Å². The molecule has 2 amide bonds. The summed E-state index contributed by atoms with van der Waals surface area (Å²) in [5.74, 6) is 1.51. The number of benzene rings is 1. The second-order valence-electron chi connectivity index (χ2n) is 12.6. The van der Waals surface area contributed by atoms with Crippen LogP contribution in [-0.4, -0.2) is 72.7 Å². The number of aromatic nitrogens is 2. The van der Waals surface area contributed by atoms with Gasteiger partial charge in [-0.2, -0.15) is 9.40 Å². The Morgan fingerprint density at radius 1 is 1.00 bits per heavy atom. The standard InChI is InChI=1S/C32H47N5O5S/c1-5-16-32(6-2)28(15-21-37-29(32)27(22-33-37)30(38)35-17-11-23(3)12-18-35)24-13-19-36(20-14-24)43(40,41)26-9-7-25(8-10-26)34-31(39)42-4/h7-10,22-24,28H,5-6,11-21H2,1-4H3,(H,34,39). The average molecular weight is 614 g/mol. The van der Waals surface area contributed by atoms with Gasteiger partial charge in [0, 0.05) is 43.8 Å². The number of carbonyl (C=O) groups is 2. The molecule has 0 aliphatic carbocycles. The molecular weight excluding hydrogens is 566 g/mol. The van der Waals surface area contributed by atoms with Gasteiger partial charge in [0.25, 0.3) is 5.91 Å². The minimum atomic E-state index is -3.66. The van der Waals surface area contributed by atoms with E-state index in [0.29, 0.717) is 36.5 Å². The molecule has 1 aromatic heterocycles. The maximum absolute atomic E-state index is 13.9. The number of anilines is 1. The van der Waals surface area contributed by atoms with E-state index in [0.717, 1.165) is 82.3 Å². The predicted octanol–water partition coefficient (Wildman–Crippen LogP) is 5.50. The molecule has 0 saturated carbocycles. The molecule has 5 rings (SSSR count). The van der Waals surface area contributed by atoms with Gasteiger partial charge in [-0.1, -0.05) is 27.2 Å². The number of rotatable bonds is 8. The third kappa shape index (κ3) is 6.07. The van der Waals surface area contributed by atoms with E-state index in [1.165, 1.54) is 19.2 Å². The minimum Gasteiger partial charge on any atom is -0.453 e. The Morgan fingerprint density at radius 2 is 1.67 bits per heavy atom. The van der Waals surface area contributed by atoms with Gasteiger partial charge in [-0.05, 0) is 87.0 Å². The fraction of sp³-hybridized carbons (Fsp3) is 0.656. The Bertz CT molecular complexity index is 1390. The van der Waals surface area contributed by atoms with Gasteiger partial charge in [-0.3, -0.25) is 14.8 Å². The summed E-state index contributed by atoms with van der Waals surface area (Å²) < 4.78 is 35.4. The molecule has 0 spiro atoms. The van der Waals surface area contributed by atoms with Crippen molar-refractivity contribution in [3.8, 4) is 0 Å². The summed E-state index contributed by atoms with van der Waals surface area (Å²) in [6.45, 7) is 10.1. The van der Waals surface area contributed by atoms with E-state index >= 15 is 0 Å². The van der Waals surface area contributed by atoms with Crippen LogP contribution < -0.4 is 5.32 Å². The van der Waals surface area contributed by atoms with Crippen molar-refractivity contribution in [3.05, 3.63) is 41.7 Å². The van der Waals surface area contributed by atoms with Gasteiger partial charge >= 0.3 is 6.09 Å². The van der Waals surface area contributed by atoms with Crippen molar-refractivity contribution in [2.24, 2.45) is 17.8 Å². The average Bonchev–Trinajstić information content (AvgIpc) is 3.47. The van der Waals surface area contributed by atoms with Crippen LogP contribution in [0.2, 0.25) is 0 Å². The van der Waals surface area contributed by atoms with Gasteiger partial charge in [0.2, 0.25) is 10.0 Å². The first-order chi connectivity index (χ1) is 20.6. The number of piperidine rings is 2. The summed E-state index contributed by atoms with van der Waals surface area (Å²) in [6.07, 6.45) is 8.80. The lowest BCUT2D eigenvalue weighted by Crippen LogP contribution is -2.49. The van der Waals surface area contributed by atoms with Crippen LogP contribution in [0.5, 0.6) is 0 Å². The molecule has 43 heavy (non-hydrogen) atoms. The molecule has 2 aromatic rings. The van der Waals surface area contributed by atoms with Crippen molar-refractivity contribution in [1.82, 2.24) is 19.0 Å². The largest absolute Gasteiger partial charge is 0.453 e. The predicted molar refractivity (Wildman–Crippen MR) is 165 cm³/mol. The number of nitrogens with one attached hydrogen (secondary N) is 1. The molecule has 11 heteroatoms. The van der Waals surface area contributed by atoms with Gasteiger partial charge < -0.3 is 9.64 Å². The zero-order valence-electron chi connectivity index (χ0n) is 26.0. The van der Waals surface area contributed by atoms with Crippen molar-refractivity contribution in [3.63, 3.8) is 0 Å². The van der Waals surface area contributed by atoms with E-state index < -0.39 is 16.1 Å². The lowest BCUT2D eigenvalue weighted by molar-refractivity contribution is 0.0648. The van der Waals surface area contributed by atoms with Gasteiger partial charge in [0.1, 0.15) is 0 Å². The molecule has 0 bridgehead atoms. The zero-order valence-corrected chi connectivity index (χ0v) is 26.9. The number of aryl methyl sites for hydroxylation is 1.